The number of carbonyl (C=O) groups excluding carboxylic acids is 1. The van der Waals surface area contributed by atoms with Gasteiger partial charge in [-0.3, -0.25) is 0 Å². The lowest BCUT2D eigenvalue weighted by molar-refractivity contribution is -0.00536. The van der Waals surface area contributed by atoms with Gasteiger partial charge < -0.3 is 20.5 Å². The standard InChI is InChI=1S/C14H26F2N2O3/c1-14(2,3)21-13(20)18-10-6-4-9(5-7-10)17-8-11(19)12(15)16/h9-12,17,19H,4-8H2,1-3H3,(H,18,20). The van der Waals surface area contributed by atoms with Crippen molar-refractivity contribution < 1.29 is 23.4 Å². The lowest BCUT2D eigenvalue weighted by atomic mass is 9.91. The average Bonchev–Trinajstić information content (AvgIpc) is 2.35. The summed E-state index contributed by atoms with van der Waals surface area (Å²) >= 11 is 0. The van der Waals surface area contributed by atoms with Crippen molar-refractivity contribution in [3.8, 4) is 0 Å². The molecule has 1 saturated carbocycles. The number of hydrogen-bond donors (Lipinski definition) is 3. The maximum Gasteiger partial charge on any atom is 0.407 e. The van der Waals surface area contributed by atoms with Gasteiger partial charge in [-0.15, -0.1) is 0 Å². The summed E-state index contributed by atoms with van der Waals surface area (Å²) in [5.74, 6) is 0. The van der Waals surface area contributed by atoms with Crippen molar-refractivity contribution in [1.29, 1.82) is 0 Å². The summed E-state index contributed by atoms with van der Waals surface area (Å²) in [6.45, 7) is 5.32. The number of amides is 1. The minimum Gasteiger partial charge on any atom is -0.444 e. The maximum atomic E-state index is 12.2. The molecule has 5 nitrogen and oxygen atoms in total. The molecule has 0 spiro atoms. The van der Waals surface area contributed by atoms with Crippen molar-refractivity contribution in [3.63, 3.8) is 0 Å². The molecule has 1 fully saturated rings. The molecule has 1 rings (SSSR count). The van der Waals surface area contributed by atoms with Crippen LogP contribution in [0.3, 0.4) is 0 Å². The van der Waals surface area contributed by atoms with Gasteiger partial charge in [-0.1, -0.05) is 0 Å². The fraction of sp³-hybridized carbons (Fsp3) is 0.929. The molecule has 0 saturated heterocycles. The van der Waals surface area contributed by atoms with E-state index in [9.17, 15) is 13.6 Å². The number of alkyl carbamates (subject to hydrolysis) is 1. The Bertz CT molecular complexity index is 327. The summed E-state index contributed by atoms with van der Waals surface area (Å²) in [6, 6.07) is 0.160. The second-order valence-electron chi connectivity index (χ2n) is 6.50. The number of hydrogen-bond acceptors (Lipinski definition) is 4. The molecule has 0 aliphatic heterocycles. The van der Waals surface area contributed by atoms with E-state index in [1.54, 1.807) is 0 Å². The molecule has 3 N–H and O–H groups in total. The summed E-state index contributed by atoms with van der Waals surface area (Å²) in [6.07, 6.45) is -1.69. The van der Waals surface area contributed by atoms with E-state index in [2.05, 4.69) is 10.6 Å². The van der Waals surface area contributed by atoms with E-state index in [0.29, 0.717) is 0 Å². The van der Waals surface area contributed by atoms with Crippen LogP contribution in [0.4, 0.5) is 13.6 Å². The maximum absolute atomic E-state index is 12.2. The van der Waals surface area contributed by atoms with Crippen LogP contribution < -0.4 is 10.6 Å². The minimum atomic E-state index is -2.72. The molecule has 21 heavy (non-hydrogen) atoms. The van der Waals surface area contributed by atoms with E-state index in [4.69, 9.17) is 9.84 Å². The van der Waals surface area contributed by atoms with Crippen molar-refractivity contribution in [1.82, 2.24) is 10.6 Å². The molecule has 0 aromatic heterocycles. The van der Waals surface area contributed by atoms with Crippen LogP contribution in [0, 0.1) is 0 Å². The molecule has 0 radical (unpaired) electrons. The van der Waals surface area contributed by atoms with E-state index < -0.39 is 24.2 Å². The molecule has 1 aliphatic rings. The van der Waals surface area contributed by atoms with Gasteiger partial charge in [0.25, 0.3) is 6.43 Å². The van der Waals surface area contributed by atoms with Crippen LogP contribution in [0.25, 0.3) is 0 Å². The van der Waals surface area contributed by atoms with E-state index in [0.717, 1.165) is 25.7 Å². The molecular weight excluding hydrogens is 282 g/mol. The van der Waals surface area contributed by atoms with Gasteiger partial charge in [-0.25, -0.2) is 13.6 Å². The average molecular weight is 308 g/mol. The van der Waals surface area contributed by atoms with Gasteiger partial charge in [0.15, 0.2) is 0 Å². The number of halogens is 2. The van der Waals surface area contributed by atoms with Crippen LogP contribution in [-0.2, 0) is 4.74 Å². The van der Waals surface area contributed by atoms with Crippen molar-refractivity contribution in [2.24, 2.45) is 0 Å². The largest absolute Gasteiger partial charge is 0.444 e. The lowest BCUT2D eigenvalue weighted by Crippen LogP contribution is -2.45. The Balaban J connectivity index is 2.22. The lowest BCUT2D eigenvalue weighted by Gasteiger charge is -2.31. The van der Waals surface area contributed by atoms with Gasteiger partial charge in [0.05, 0.1) is 0 Å². The van der Waals surface area contributed by atoms with Crippen LogP contribution in [0.2, 0.25) is 0 Å². The van der Waals surface area contributed by atoms with E-state index in [1.807, 2.05) is 20.8 Å². The third-order valence-electron chi connectivity index (χ3n) is 3.35. The highest BCUT2D eigenvalue weighted by Gasteiger charge is 2.25. The number of nitrogens with one attached hydrogen (secondary N) is 2. The van der Waals surface area contributed by atoms with Crippen molar-refractivity contribution in [2.75, 3.05) is 6.54 Å². The monoisotopic (exact) mass is 308 g/mol. The van der Waals surface area contributed by atoms with E-state index in [-0.39, 0.29) is 18.6 Å². The second kappa shape index (κ2) is 7.89. The van der Waals surface area contributed by atoms with Crippen molar-refractivity contribution in [3.05, 3.63) is 0 Å². The molecule has 1 atom stereocenters. The number of aliphatic hydroxyl groups is 1. The van der Waals surface area contributed by atoms with E-state index >= 15 is 0 Å². The predicted molar refractivity (Wildman–Crippen MR) is 75.4 cm³/mol. The molecule has 7 heteroatoms. The summed E-state index contributed by atoms with van der Waals surface area (Å²) in [5.41, 5.74) is -0.520. The van der Waals surface area contributed by atoms with Crippen LogP contribution in [0.1, 0.15) is 46.5 Å². The zero-order chi connectivity index (χ0) is 16.0. The number of carbonyl (C=O) groups is 1. The Hall–Kier alpha value is -0.950. The molecule has 0 aromatic rings. The molecule has 1 amide bonds. The topological polar surface area (TPSA) is 70.6 Å². The normalized spacial score (nSPS) is 24.7. The molecule has 0 bridgehead atoms. The van der Waals surface area contributed by atoms with Crippen LogP contribution in [-0.4, -0.2) is 48.0 Å². The van der Waals surface area contributed by atoms with Crippen molar-refractivity contribution >= 4 is 6.09 Å². The van der Waals surface area contributed by atoms with Crippen LogP contribution >= 0.6 is 0 Å². The Labute approximate surface area is 124 Å². The quantitative estimate of drug-likeness (QED) is 0.727. The SMILES string of the molecule is CC(C)(C)OC(=O)NC1CCC(NCC(O)C(F)F)CC1. The minimum absolute atomic E-state index is 0.0536. The highest BCUT2D eigenvalue weighted by Crippen LogP contribution is 2.19. The summed E-state index contributed by atoms with van der Waals surface area (Å²) in [7, 11) is 0. The highest BCUT2D eigenvalue weighted by atomic mass is 19.3. The van der Waals surface area contributed by atoms with E-state index in [1.165, 1.54) is 0 Å². The Morgan fingerprint density at radius 3 is 2.24 bits per heavy atom. The molecule has 0 aromatic carbocycles. The summed E-state index contributed by atoms with van der Waals surface area (Å²) in [4.78, 5) is 11.6. The van der Waals surface area contributed by atoms with Crippen LogP contribution in [0.15, 0.2) is 0 Å². The fourth-order valence-corrected chi connectivity index (χ4v) is 2.29. The van der Waals surface area contributed by atoms with Gasteiger partial charge in [0.1, 0.15) is 11.7 Å². The summed E-state index contributed by atoms with van der Waals surface area (Å²) in [5, 5.41) is 14.8. The molecule has 124 valence electrons. The molecular formula is C14H26F2N2O3. The Morgan fingerprint density at radius 1 is 1.24 bits per heavy atom. The van der Waals surface area contributed by atoms with Crippen LogP contribution in [0.5, 0.6) is 0 Å². The first kappa shape index (κ1) is 18.1. The zero-order valence-electron chi connectivity index (χ0n) is 12.9. The Kier molecular flexibility index (Phi) is 6.80. The highest BCUT2D eigenvalue weighted by molar-refractivity contribution is 5.68. The fourth-order valence-electron chi connectivity index (χ4n) is 2.29. The van der Waals surface area contributed by atoms with Gasteiger partial charge in [0.2, 0.25) is 0 Å². The van der Waals surface area contributed by atoms with Gasteiger partial charge in [0, 0.05) is 18.6 Å². The predicted octanol–water partition coefficient (Wildman–Crippen LogP) is 2.04. The first-order valence-corrected chi connectivity index (χ1v) is 7.36. The van der Waals surface area contributed by atoms with Gasteiger partial charge in [-0.2, -0.15) is 0 Å². The summed E-state index contributed by atoms with van der Waals surface area (Å²) < 4.78 is 29.5. The first-order chi connectivity index (χ1) is 9.67. The number of ether oxygens (including phenoxy) is 1. The van der Waals surface area contributed by atoms with Gasteiger partial charge in [-0.05, 0) is 46.5 Å². The number of alkyl halides is 2. The Morgan fingerprint density at radius 2 is 1.76 bits per heavy atom. The first-order valence-electron chi connectivity index (χ1n) is 7.36. The van der Waals surface area contributed by atoms with Crippen molar-refractivity contribution in [2.45, 2.75) is 76.7 Å². The van der Waals surface area contributed by atoms with Gasteiger partial charge >= 0.3 is 6.09 Å². The third-order valence-corrected chi connectivity index (χ3v) is 3.35. The molecule has 0 heterocycles. The smallest absolute Gasteiger partial charge is 0.407 e. The molecule has 1 unspecified atom stereocenters. The third kappa shape index (κ3) is 7.57. The zero-order valence-corrected chi connectivity index (χ0v) is 12.9. The number of rotatable bonds is 5. The second-order valence-corrected chi connectivity index (χ2v) is 6.50. The number of aliphatic hydroxyl groups excluding tert-OH is 1. The molecule has 1 aliphatic carbocycles.